The van der Waals surface area contributed by atoms with E-state index < -0.39 is 0 Å². The molecule has 0 spiro atoms. The van der Waals surface area contributed by atoms with E-state index in [1.807, 2.05) is 0 Å². The SMILES string of the molecule is c1ccc(-c2cc(-n3c4ccccc4c4cc(-c5ccc6c(c5)c5ccccc5n6-c5ccccc5)ccc43)c3c4ccccc4c4ccccc4c3c2)cc1. The second-order valence-corrected chi connectivity index (χ2v) is 14.9. The third kappa shape index (κ3) is 4.50. The molecule has 0 amide bonds. The summed E-state index contributed by atoms with van der Waals surface area (Å²) in [5.74, 6) is 0. The highest BCUT2D eigenvalue weighted by atomic mass is 15.0. The van der Waals surface area contributed by atoms with Crippen molar-refractivity contribution in [1.29, 1.82) is 0 Å². The molecule has 0 N–H and O–H groups in total. The molecule has 0 fully saturated rings. The standard InChI is InChI=1S/C54H34N2/c1-3-15-35(16-4-1)38-33-48-42-21-8-7-19-40(42)41-20-9-10-24-45(41)54(48)53(34-38)56-50-26-14-12-23-44(50)47-32-37(28-30-52(47)56)36-27-29-51-46(31-36)43-22-11-13-25-49(43)55(51)39-17-5-2-6-18-39/h1-34H. The number of para-hydroxylation sites is 3. The van der Waals surface area contributed by atoms with Crippen molar-refractivity contribution in [1.82, 2.24) is 9.13 Å². The molecule has 0 saturated carbocycles. The lowest BCUT2D eigenvalue weighted by Crippen LogP contribution is -1.98. The summed E-state index contributed by atoms with van der Waals surface area (Å²) < 4.78 is 4.90. The van der Waals surface area contributed by atoms with Crippen molar-refractivity contribution >= 4 is 75.9 Å². The Balaban J connectivity index is 1.14. The minimum Gasteiger partial charge on any atom is -0.309 e. The Hall–Kier alpha value is -7.42. The molecular weight excluding hydrogens is 677 g/mol. The first-order chi connectivity index (χ1) is 27.8. The molecule has 0 atom stereocenters. The zero-order valence-electron chi connectivity index (χ0n) is 30.5. The second kappa shape index (κ2) is 12.0. The summed E-state index contributed by atoms with van der Waals surface area (Å²) in [7, 11) is 0. The van der Waals surface area contributed by atoms with Crippen molar-refractivity contribution in [2.45, 2.75) is 0 Å². The van der Waals surface area contributed by atoms with E-state index in [0.717, 1.165) is 0 Å². The predicted molar refractivity (Wildman–Crippen MR) is 239 cm³/mol. The van der Waals surface area contributed by atoms with Gasteiger partial charge in [0, 0.05) is 32.6 Å². The molecule has 12 rings (SSSR count). The van der Waals surface area contributed by atoms with Gasteiger partial charge in [-0.1, -0.05) is 146 Å². The maximum Gasteiger partial charge on any atom is 0.0553 e. The molecule has 0 aliphatic rings. The molecule has 0 unspecified atom stereocenters. The maximum absolute atomic E-state index is 2.51. The molecule has 0 saturated heterocycles. The van der Waals surface area contributed by atoms with Crippen LogP contribution in [0, 0.1) is 0 Å². The summed E-state index contributed by atoms with van der Waals surface area (Å²) in [5, 5.41) is 12.6. The highest BCUT2D eigenvalue weighted by Crippen LogP contribution is 2.44. The number of rotatable bonds is 4. The summed E-state index contributed by atoms with van der Waals surface area (Å²) in [5.41, 5.74) is 12.0. The van der Waals surface area contributed by atoms with E-state index in [-0.39, 0.29) is 0 Å². The molecule has 10 aromatic carbocycles. The lowest BCUT2D eigenvalue weighted by Gasteiger charge is -2.18. The molecule has 12 aromatic rings. The highest BCUT2D eigenvalue weighted by Gasteiger charge is 2.20. The van der Waals surface area contributed by atoms with E-state index in [9.17, 15) is 0 Å². The van der Waals surface area contributed by atoms with Crippen LogP contribution in [0.2, 0.25) is 0 Å². The first-order valence-corrected chi connectivity index (χ1v) is 19.4. The average molecular weight is 711 g/mol. The van der Waals surface area contributed by atoms with E-state index in [0.29, 0.717) is 0 Å². The Morgan fingerprint density at radius 3 is 1.29 bits per heavy atom. The minimum absolute atomic E-state index is 1.17. The van der Waals surface area contributed by atoms with Gasteiger partial charge in [-0.3, -0.25) is 0 Å². The topological polar surface area (TPSA) is 9.86 Å². The van der Waals surface area contributed by atoms with Gasteiger partial charge in [0.05, 0.1) is 27.8 Å². The Morgan fingerprint density at radius 1 is 0.232 bits per heavy atom. The second-order valence-electron chi connectivity index (χ2n) is 14.9. The van der Waals surface area contributed by atoms with Gasteiger partial charge < -0.3 is 9.13 Å². The van der Waals surface area contributed by atoms with Crippen LogP contribution in [-0.2, 0) is 0 Å². The number of benzene rings is 10. The van der Waals surface area contributed by atoms with Crippen molar-refractivity contribution in [2.75, 3.05) is 0 Å². The van der Waals surface area contributed by atoms with E-state index in [1.54, 1.807) is 0 Å². The fraction of sp³-hybridized carbons (Fsp3) is 0. The van der Waals surface area contributed by atoms with Crippen molar-refractivity contribution in [3.63, 3.8) is 0 Å². The van der Waals surface area contributed by atoms with E-state index in [4.69, 9.17) is 0 Å². The van der Waals surface area contributed by atoms with Crippen LogP contribution in [-0.4, -0.2) is 9.13 Å². The number of hydrogen-bond donors (Lipinski definition) is 0. The van der Waals surface area contributed by atoms with Crippen molar-refractivity contribution in [3.05, 3.63) is 206 Å². The van der Waals surface area contributed by atoms with Crippen LogP contribution in [0.15, 0.2) is 206 Å². The van der Waals surface area contributed by atoms with Gasteiger partial charge in [0.15, 0.2) is 0 Å². The van der Waals surface area contributed by atoms with Crippen LogP contribution >= 0.6 is 0 Å². The number of aromatic nitrogens is 2. The highest BCUT2D eigenvalue weighted by molar-refractivity contribution is 6.28. The van der Waals surface area contributed by atoms with E-state index in [2.05, 4.69) is 215 Å². The summed E-state index contributed by atoms with van der Waals surface area (Å²) in [6.45, 7) is 0. The van der Waals surface area contributed by atoms with Crippen molar-refractivity contribution in [3.8, 4) is 33.6 Å². The van der Waals surface area contributed by atoms with Crippen LogP contribution in [0.4, 0.5) is 0 Å². The molecule has 260 valence electrons. The lowest BCUT2D eigenvalue weighted by molar-refractivity contribution is 1.18. The van der Waals surface area contributed by atoms with Crippen LogP contribution < -0.4 is 0 Å². The normalized spacial score (nSPS) is 11.9. The van der Waals surface area contributed by atoms with Gasteiger partial charge in [-0.2, -0.15) is 0 Å². The van der Waals surface area contributed by atoms with Crippen molar-refractivity contribution in [2.24, 2.45) is 0 Å². The minimum atomic E-state index is 1.17. The lowest BCUT2D eigenvalue weighted by atomic mass is 9.90. The van der Waals surface area contributed by atoms with Gasteiger partial charge in [-0.15, -0.1) is 0 Å². The molecule has 2 aromatic heterocycles. The average Bonchev–Trinajstić information content (AvgIpc) is 3.79. The molecular formula is C54H34N2. The van der Waals surface area contributed by atoms with E-state index in [1.165, 1.54) is 110 Å². The van der Waals surface area contributed by atoms with Crippen LogP contribution in [0.5, 0.6) is 0 Å². The number of fused-ring (bicyclic) bond motifs is 12. The number of nitrogens with zero attached hydrogens (tertiary/aromatic N) is 2. The zero-order chi connectivity index (χ0) is 36.7. The summed E-state index contributed by atoms with van der Waals surface area (Å²) in [4.78, 5) is 0. The molecule has 2 nitrogen and oxygen atoms in total. The van der Waals surface area contributed by atoms with Crippen LogP contribution in [0.1, 0.15) is 0 Å². The van der Waals surface area contributed by atoms with Gasteiger partial charge in [-0.25, -0.2) is 0 Å². The Bertz CT molecular complexity index is 3510. The van der Waals surface area contributed by atoms with Gasteiger partial charge in [0.2, 0.25) is 0 Å². The first-order valence-electron chi connectivity index (χ1n) is 19.4. The van der Waals surface area contributed by atoms with Gasteiger partial charge in [0.1, 0.15) is 0 Å². The third-order valence-corrected chi connectivity index (χ3v) is 11.9. The Morgan fingerprint density at radius 2 is 0.661 bits per heavy atom. The maximum atomic E-state index is 2.51. The molecule has 0 radical (unpaired) electrons. The summed E-state index contributed by atoms with van der Waals surface area (Å²) >= 11 is 0. The monoisotopic (exact) mass is 710 g/mol. The molecule has 56 heavy (non-hydrogen) atoms. The molecule has 0 bridgehead atoms. The Kier molecular flexibility index (Phi) is 6.66. The van der Waals surface area contributed by atoms with Gasteiger partial charge in [0.25, 0.3) is 0 Å². The van der Waals surface area contributed by atoms with Crippen molar-refractivity contribution < 1.29 is 0 Å². The molecule has 0 aliphatic carbocycles. The third-order valence-electron chi connectivity index (χ3n) is 11.9. The van der Waals surface area contributed by atoms with Crippen LogP contribution in [0.25, 0.3) is 110 Å². The number of hydrogen-bond acceptors (Lipinski definition) is 0. The van der Waals surface area contributed by atoms with Gasteiger partial charge >= 0.3 is 0 Å². The largest absolute Gasteiger partial charge is 0.309 e. The summed E-state index contributed by atoms with van der Waals surface area (Å²) in [6.07, 6.45) is 0. The fourth-order valence-electron chi connectivity index (χ4n) is 9.40. The molecule has 2 heterocycles. The predicted octanol–water partition coefficient (Wildman–Crippen LogP) is 14.7. The quantitative estimate of drug-likeness (QED) is 0.161. The van der Waals surface area contributed by atoms with Gasteiger partial charge in [-0.05, 0) is 110 Å². The molecule has 0 aliphatic heterocycles. The smallest absolute Gasteiger partial charge is 0.0553 e. The zero-order valence-corrected chi connectivity index (χ0v) is 30.5. The summed E-state index contributed by atoms with van der Waals surface area (Å²) in [6, 6.07) is 75.8. The van der Waals surface area contributed by atoms with E-state index >= 15 is 0 Å². The van der Waals surface area contributed by atoms with Crippen LogP contribution in [0.3, 0.4) is 0 Å². The fourth-order valence-corrected chi connectivity index (χ4v) is 9.40. The molecule has 2 heteroatoms. The Labute approximate surface area is 323 Å². The first kappa shape index (κ1) is 31.0.